The van der Waals surface area contributed by atoms with Gasteiger partial charge in [0.15, 0.2) is 0 Å². The summed E-state index contributed by atoms with van der Waals surface area (Å²) in [6.45, 7) is 2.65. The number of hydrogen-bond donors (Lipinski definition) is 0. The Kier molecular flexibility index (Phi) is 19.8. The first-order valence-corrected chi connectivity index (χ1v) is 10.9. The van der Waals surface area contributed by atoms with Crippen LogP contribution in [0.4, 0.5) is 57.6 Å². The van der Waals surface area contributed by atoms with E-state index >= 15 is 0 Å². The molecule has 0 spiro atoms. The maximum atomic E-state index is 11.6. The summed E-state index contributed by atoms with van der Waals surface area (Å²) in [4.78, 5) is 18.3. The maximum absolute atomic E-state index is 11.6. The molecule has 5 nitrogen and oxygen atoms in total. The third kappa shape index (κ3) is 26.6. The monoisotopic (exact) mass is 627 g/mol. The normalized spacial score (nSPS) is 13.6. The van der Waals surface area contributed by atoms with Gasteiger partial charge in [0.25, 0.3) is 0 Å². The quantitative estimate of drug-likeness (QED) is 0.218. The summed E-state index contributed by atoms with van der Waals surface area (Å²) >= 11 is 0. The summed E-state index contributed by atoms with van der Waals surface area (Å²) in [6, 6.07) is 13.1. The fourth-order valence-electron chi connectivity index (χ4n) is 2.91. The number of halogens is 12. The van der Waals surface area contributed by atoms with E-state index in [9.17, 15) is 56.6 Å². The predicted octanol–water partition coefficient (Wildman–Crippen LogP) is 6.42. The van der Waals surface area contributed by atoms with Crippen molar-refractivity contribution in [2.45, 2.75) is 12.8 Å². The molecule has 2 heterocycles. The van der Waals surface area contributed by atoms with Gasteiger partial charge in [0.05, 0.1) is 19.3 Å². The minimum atomic E-state index is -6.00. The molecule has 0 saturated carbocycles. The molecule has 1 aliphatic heterocycles. The number of pyridine rings is 1. The van der Waals surface area contributed by atoms with E-state index in [1.54, 1.807) is 12.1 Å². The molecule has 0 radical (unpaired) electrons. The zero-order valence-corrected chi connectivity index (χ0v) is 20.1. The standard InChI is InChI=1S/C19H22N2O3.3BF4.K.H/c1-23-19(22)16-5-4-6-17(13-16)24-14-15-8-11-21(12-9-15)18-7-2-3-10-20-18;3*2-1(3,4)5;;/h2-7,10,13,15H,8-9,11-12,14H2,1H3;;;;;/q;3*-1;;. The number of carbonyl (C=O) groups is 1. The number of nitrogens with zero attached hydrogens (tertiary/aromatic N) is 2. The molecule has 1 aromatic heterocycles. The van der Waals surface area contributed by atoms with Crippen molar-refractivity contribution in [2.24, 2.45) is 5.92 Å². The number of esters is 1. The van der Waals surface area contributed by atoms with Crippen molar-refractivity contribution in [3.8, 4) is 5.75 Å². The van der Waals surface area contributed by atoms with Gasteiger partial charge in [-0.05, 0) is 49.1 Å². The van der Waals surface area contributed by atoms with E-state index in [0.717, 1.165) is 31.7 Å². The van der Waals surface area contributed by atoms with Crippen LogP contribution in [0.3, 0.4) is 0 Å². The predicted molar refractivity (Wildman–Crippen MR) is 130 cm³/mol. The zero-order valence-electron chi connectivity index (χ0n) is 20.1. The fourth-order valence-corrected chi connectivity index (χ4v) is 2.91. The molecule has 224 valence electrons. The summed E-state index contributed by atoms with van der Waals surface area (Å²) in [7, 11) is -16.6. The Bertz CT molecular complexity index is 919. The molecule has 1 aliphatic rings. The van der Waals surface area contributed by atoms with Crippen LogP contribution in [0.5, 0.6) is 5.75 Å². The number of benzene rings is 1. The van der Waals surface area contributed by atoms with Gasteiger partial charge in [-0.25, -0.2) is 9.78 Å². The van der Waals surface area contributed by atoms with Crippen molar-refractivity contribution in [1.82, 2.24) is 4.98 Å². The van der Waals surface area contributed by atoms with Crippen LogP contribution in [0.2, 0.25) is 0 Å². The van der Waals surface area contributed by atoms with E-state index < -0.39 is 21.8 Å². The van der Waals surface area contributed by atoms with Crippen LogP contribution in [0.15, 0.2) is 48.7 Å². The van der Waals surface area contributed by atoms with E-state index in [2.05, 4.69) is 16.0 Å². The molecule has 0 N–H and O–H groups in total. The van der Waals surface area contributed by atoms with Crippen LogP contribution in [-0.4, -0.2) is 111 Å². The zero-order chi connectivity index (χ0) is 30.3. The Morgan fingerprint density at radius 3 is 1.77 bits per heavy atom. The molecular weight excluding hydrogens is 604 g/mol. The second kappa shape index (κ2) is 19.5. The molecule has 1 saturated heterocycles. The molecule has 21 heteroatoms. The average Bonchev–Trinajstić information content (AvgIpc) is 2.80. The van der Waals surface area contributed by atoms with Crippen molar-refractivity contribution < 1.29 is 66.1 Å². The molecule has 1 fully saturated rings. The van der Waals surface area contributed by atoms with Gasteiger partial charge in [-0.2, -0.15) is 0 Å². The molecule has 1 aromatic carbocycles. The Morgan fingerprint density at radius 1 is 0.850 bits per heavy atom. The second-order valence-corrected chi connectivity index (χ2v) is 7.43. The second-order valence-electron chi connectivity index (χ2n) is 7.43. The van der Waals surface area contributed by atoms with Gasteiger partial charge in [-0.3, -0.25) is 0 Å². The Balaban J connectivity index is 0. The topological polar surface area (TPSA) is 51.7 Å². The van der Waals surface area contributed by atoms with Gasteiger partial charge < -0.3 is 66.2 Å². The molecule has 0 unspecified atom stereocenters. The van der Waals surface area contributed by atoms with Gasteiger partial charge in [-0.15, -0.1) is 0 Å². The summed E-state index contributed by atoms with van der Waals surface area (Å²) in [5.74, 6) is 1.93. The minimum absolute atomic E-state index is 0. The molecule has 2 aromatic rings. The third-order valence-electron chi connectivity index (χ3n) is 4.33. The van der Waals surface area contributed by atoms with Gasteiger partial charge in [0.1, 0.15) is 11.6 Å². The molecule has 0 bridgehead atoms. The van der Waals surface area contributed by atoms with Crippen molar-refractivity contribution in [2.75, 3.05) is 31.7 Å². The molecule has 3 rings (SSSR count). The van der Waals surface area contributed by atoms with Crippen molar-refractivity contribution in [3.05, 3.63) is 54.2 Å². The SMILES string of the molecule is COC(=O)c1cccc(OCC2CCN(c3ccccn3)CC2)c1.F[B-](F)(F)F.F[B-](F)(F)F.F[B-](F)(F)F.[KH]. The molecule has 0 aliphatic carbocycles. The first kappa shape index (κ1) is 40.6. The molecule has 0 atom stereocenters. The average molecular weight is 627 g/mol. The van der Waals surface area contributed by atoms with E-state index in [-0.39, 0.29) is 57.4 Å². The number of rotatable bonds is 5. The number of hydrogen-bond acceptors (Lipinski definition) is 5. The van der Waals surface area contributed by atoms with Gasteiger partial charge in [0.2, 0.25) is 0 Å². The number of ether oxygens (including phenoxy) is 2. The van der Waals surface area contributed by atoms with Crippen molar-refractivity contribution >= 4 is 84.9 Å². The number of piperidine rings is 1. The van der Waals surface area contributed by atoms with Crippen molar-refractivity contribution in [1.29, 1.82) is 0 Å². The third-order valence-corrected chi connectivity index (χ3v) is 4.33. The molecule has 40 heavy (non-hydrogen) atoms. The van der Waals surface area contributed by atoms with Gasteiger partial charge in [-0.1, -0.05) is 12.1 Å². The van der Waals surface area contributed by atoms with Crippen LogP contribution >= 0.6 is 0 Å². The molecule has 0 amide bonds. The van der Waals surface area contributed by atoms with Crippen LogP contribution in [0.1, 0.15) is 23.2 Å². The van der Waals surface area contributed by atoms with Crippen LogP contribution in [0.25, 0.3) is 0 Å². The molecular formula is C19H23B3F12KN2O3-3. The van der Waals surface area contributed by atoms with Crippen LogP contribution in [0, 0.1) is 5.92 Å². The van der Waals surface area contributed by atoms with Crippen LogP contribution < -0.4 is 9.64 Å². The van der Waals surface area contributed by atoms with Crippen LogP contribution in [-0.2, 0) is 4.74 Å². The summed E-state index contributed by atoms with van der Waals surface area (Å²) < 4.78 is 128. The summed E-state index contributed by atoms with van der Waals surface area (Å²) in [5.41, 5.74) is 0.514. The Hall–Kier alpha value is -1.57. The fraction of sp³-hybridized carbons (Fsp3) is 0.368. The number of carbonyl (C=O) groups excluding carboxylic acids is 1. The Morgan fingerprint density at radius 2 is 1.35 bits per heavy atom. The van der Waals surface area contributed by atoms with Gasteiger partial charge >= 0.3 is 79.1 Å². The number of anilines is 1. The Labute approximate surface area is 264 Å². The van der Waals surface area contributed by atoms with E-state index in [4.69, 9.17) is 9.47 Å². The first-order chi connectivity index (χ1) is 17.8. The summed E-state index contributed by atoms with van der Waals surface area (Å²) in [5, 5.41) is 0. The van der Waals surface area contributed by atoms with Crippen molar-refractivity contribution in [3.63, 3.8) is 0 Å². The first-order valence-electron chi connectivity index (χ1n) is 10.9. The van der Waals surface area contributed by atoms with Gasteiger partial charge in [0, 0.05) is 19.3 Å². The number of aromatic nitrogens is 1. The van der Waals surface area contributed by atoms with E-state index in [1.165, 1.54) is 7.11 Å². The summed E-state index contributed by atoms with van der Waals surface area (Å²) in [6.07, 6.45) is 3.99. The number of methoxy groups -OCH3 is 1. The van der Waals surface area contributed by atoms with E-state index in [1.807, 2.05) is 30.5 Å². The van der Waals surface area contributed by atoms with E-state index in [0.29, 0.717) is 23.8 Å².